The van der Waals surface area contributed by atoms with Gasteiger partial charge in [-0.15, -0.1) is 0 Å². The Balaban J connectivity index is 2.44. The molecule has 21 heavy (non-hydrogen) atoms. The molecule has 6 heteroatoms. The van der Waals surface area contributed by atoms with E-state index in [1.165, 1.54) is 6.07 Å². The van der Waals surface area contributed by atoms with E-state index < -0.39 is 11.4 Å². The van der Waals surface area contributed by atoms with Crippen molar-refractivity contribution in [2.75, 3.05) is 6.61 Å². The van der Waals surface area contributed by atoms with Gasteiger partial charge in [-0.3, -0.25) is 4.79 Å². The zero-order chi connectivity index (χ0) is 15.4. The van der Waals surface area contributed by atoms with Crippen LogP contribution in [-0.4, -0.2) is 12.6 Å². The van der Waals surface area contributed by atoms with Crippen LogP contribution in [0.25, 0.3) is 11.3 Å². The molecule has 0 saturated heterocycles. The van der Waals surface area contributed by atoms with Crippen LogP contribution in [0.3, 0.4) is 0 Å². The van der Waals surface area contributed by atoms with Crippen molar-refractivity contribution in [1.29, 1.82) is 5.26 Å². The van der Waals surface area contributed by atoms with Gasteiger partial charge in [0.05, 0.1) is 12.2 Å². The van der Waals surface area contributed by atoms with Crippen LogP contribution in [0.1, 0.15) is 22.8 Å². The molecule has 106 valence electrons. The molecule has 0 bridgehead atoms. The van der Waals surface area contributed by atoms with Gasteiger partial charge in [0.1, 0.15) is 23.7 Å². The summed E-state index contributed by atoms with van der Waals surface area (Å²) >= 11 is 3.25. The van der Waals surface area contributed by atoms with E-state index in [0.29, 0.717) is 15.6 Å². The Morgan fingerprint density at radius 1 is 1.43 bits per heavy atom. The summed E-state index contributed by atoms with van der Waals surface area (Å²) in [6.45, 7) is 1.83. The summed E-state index contributed by atoms with van der Waals surface area (Å²) in [6, 6.07) is 8.21. The number of esters is 1. The quantitative estimate of drug-likeness (QED) is 0.796. The number of ether oxygens (including phenoxy) is 1. The van der Waals surface area contributed by atoms with Crippen LogP contribution in [-0.2, 0) is 4.74 Å². The number of hydrogen-bond acceptors (Lipinski definition) is 5. The average Bonchev–Trinajstić information content (AvgIpc) is 2.47. The third kappa shape index (κ3) is 3.20. The lowest BCUT2D eigenvalue weighted by Gasteiger charge is -2.04. The maximum Gasteiger partial charge on any atom is 0.345 e. The molecule has 0 aliphatic heterocycles. The lowest BCUT2D eigenvalue weighted by molar-refractivity contribution is 0.0522. The maximum absolute atomic E-state index is 11.9. The van der Waals surface area contributed by atoms with Gasteiger partial charge in [-0.05, 0) is 35.0 Å². The van der Waals surface area contributed by atoms with Crippen LogP contribution in [0.4, 0.5) is 0 Å². The van der Waals surface area contributed by atoms with Crippen molar-refractivity contribution >= 4 is 21.9 Å². The van der Waals surface area contributed by atoms with E-state index >= 15 is 0 Å². The molecule has 0 amide bonds. The lowest BCUT2D eigenvalue weighted by atomic mass is 10.1. The largest absolute Gasteiger partial charge is 0.463 e. The van der Waals surface area contributed by atoms with Gasteiger partial charge in [0, 0.05) is 16.1 Å². The monoisotopic (exact) mass is 347 g/mol. The fourth-order valence-corrected chi connectivity index (χ4v) is 2.02. The summed E-state index contributed by atoms with van der Waals surface area (Å²) < 4.78 is 10.7. The summed E-state index contributed by atoms with van der Waals surface area (Å²) in [4.78, 5) is 23.4. The Labute approximate surface area is 128 Å². The minimum Gasteiger partial charge on any atom is -0.463 e. The van der Waals surface area contributed by atoms with E-state index in [4.69, 9.17) is 14.4 Å². The summed E-state index contributed by atoms with van der Waals surface area (Å²) in [5.74, 6) is -0.441. The van der Waals surface area contributed by atoms with Crippen molar-refractivity contribution in [2.24, 2.45) is 0 Å². The fourth-order valence-electron chi connectivity index (χ4n) is 1.68. The first-order valence-corrected chi connectivity index (χ1v) is 6.86. The van der Waals surface area contributed by atoms with E-state index in [2.05, 4.69) is 15.9 Å². The number of nitrogens with zero attached hydrogens (tertiary/aromatic N) is 1. The topological polar surface area (TPSA) is 80.3 Å². The highest BCUT2D eigenvalue weighted by atomic mass is 79.9. The van der Waals surface area contributed by atoms with Crippen molar-refractivity contribution in [1.82, 2.24) is 0 Å². The molecule has 1 heterocycles. The van der Waals surface area contributed by atoms with Gasteiger partial charge in [0.25, 0.3) is 0 Å². The molecule has 0 unspecified atom stereocenters. The second-order valence-electron chi connectivity index (χ2n) is 4.05. The van der Waals surface area contributed by atoms with Crippen LogP contribution in [0.2, 0.25) is 0 Å². The molecule has 0 saturated carbocycles. The Morgan fingerprint density at radius 2 is 2.19 bits per heavy atom. The summed E-state index contributed by atoms with van der Waals surface area (Å²) in [7, 11) is 0. The van der Waals surface area contributed by atoms with Crippen molar-refractivity contribution in [3.8, 4) is 17.4 Å². The third-order valence-electron chi connectivity index (χ3n) is 2.70. The predicted octanol–water partition coefficient (Wildman–Crippen LogP) is 3.12. The molecule has 0 fully saturated rings. The van der Waals surface area contributed by atoms with E-state index in [9.17, 15) is 9.59 Å². The summed E-state index contributed by atoms with van der Waals surface area (Å²) in [5, 5.41) is 8.99. The molecule has 0 aliphatic rings. The molecular formula is C15H10BrNO4. The second-order valence-corrected chi connectivity index (χ2v) is 4.90. The van der Waals surface area contributed by atoms with Gasteiger partial charge in [0.15, 0.2) is 5.43 Å². The molecule has 1 aromatic carbocycles. The second kappa shape index (κ2) is 6.37. The first kappa shape index (κ1) is 15.0. The van der Waals surface area contributed by atoms with Gasteiger partial charge in [0.2, 0.25) is 0 Å². The summed E-state index contributed by atoms with van der Waals surface area (Å²) in [5.41, 5.74) is 0.348. The Morgan fingerprint density at radius 3 is 2.81 bits per heavy atom. The normalized spacial score (nSPS) is 9.95. The Bertz CT molecular complexity index is 789. The molecular weight excluding hydrogens is 338 g/mol. The van der Waals surface area contributed by atoms with Crippen LogP contribution < -0.4 is 5.43 Å². The number of carbonyl (C=O) groups excluding carboxylic acids is 1. The fraction of sp³-hybridized carbons (Fsp3) is 0.133. The maximum atomic E-state index is 11.9. The lowest BCUT2D eigenvalue weighted by Crippen LogP contribution is -2.16. The highest BCUT2D eigenvalue weighted by Gasteiger charge is 2.14. The zero-order valence-electron chi connectivity index (χ0n) is 11.1. The number of nitriles is 1. The minimum atomic E-state index is -0.716. The molecule has 0 radical (unpaired) electrons. The Kier molecular flexibility index (Phi) is 4.55. The van der Waals surface area contributed by atoms with Crippen LogP contribution in [0.5, 0.6) is 0 Å². The number of hydrogen-bond donors (Lipinski definition) is 0. The molecule has 0 atom stereocenters. The molecule has 1 aromatic heterocycles. The highest BCUT2D eigenvalue weighted by molar-refractivity contribution is 9.10. The molecule has 5 nitrogen and oxygen atoms in total. The predicted molar refractivity (Wildman–Crippen MR) is 78.8 cm³/mol. The van der Waals surface area contributed by atoms with Crippen molar-refractivity contribution in [3.63, 3.8) is 0 Å². The van der Waals surface area contributed by atoms with Crippen LogP contribution in [0.15, 0.2) is 44.2 Å². The van der Waals surface area contributed by atoms with Crippen molar-refractivity contribution in [3.05, 3.63) is 56.4 Å². The van der Waals surface area contributed by atoms with Crippen molar-refractivity contribution in [2.45, 2.75) is 6.92 Å². The van der Waals surface area contributed by atoms with E-state index in [1.54, 1.807) is 25.1 Å². The van der Waals surface area contributed by atoms with Crippen LogP contribution in [0, 0.1) is 11.3 Å². The molecule has 2 rings (SSSR count). The average molecular weight is 348 g/mol. The van der Waals surface area contributed by atoms with E-state index in [1.807, 2.05) is 6.07 Å². The zero-order valence-corrected chi connectivity index (χ0v) is 12.6. The standard InChI is InChI=1S/C15H10BrNO4/c1-2-20-15(19)11-8-21-14(6-13(11)18)9-3-4-12(16)10(5-9)7-17/h3-6,8H,2H2,1H3. The van der Waals surface area contributed by atoms with E-state index in [0.717, 1.165) is 6.26 Å². The number of benzene rings is 1. The number of carbonyl (C=O) groups is 1. The van der Waals surface area contributed by atoms with Crippen LogP contribution >= 0.6 is 15.9 Å². The minimum absolute atomic E-state index is 0.154. The highest BCUT2D eigenvalue weighted by Crippen LogP contribution is 2.24. The third-order valence-corrected chi connectivity index (χ3v) is 3.39. The molecule has 2 aromatic rings. The molecule has 0 N–H and O–H groups in total. The van der Waals surface area contributed by atoms with Gasteiger partial charge in [-0.1, -0.05) is 6.07 Å². The number of rotatable bonds is 3. The van der Waals surface area contributed by atoms with Gasteiger partial charge >= 0.3 is 5.97 Å². The smallest absolute Gasteiger partial charge is 0.345 e. The molecule has 0 aliphatic carbocycles. The van der Waals surface area contributed by atoms with Gasteiger partial charge < -0.3 is 9.15 Å². The first-order chi connectivity index (χ1) is 10.1. The van der Waals surface area contributed by atoms with Gasteiger partial charge in [-0.2, -0.15) is 5.26 Å². The Hall–Kier alpha value is -2.39. The van der Waals surface area contributed by atoms with Crippen molar-refractivity contribution < 1.29 is 13.9 Å². The SMILES string of the molecule is CCOC(=O)c1coc(-c2ccc(Br)c(C#N)c2)cc1=O. The summed E-state index contributed by atoms with van der Waals surface area (Å²) in [6.07, 6.45) is 1.07. The van der Waals surface area contributed by atoms with E-state index in [-0.39, 0.29) is 17.9 Å². The molecule has 0 spiro atoms. The first-order valence-electron chi connectivity index (χ1n) is 6.06. The van der Waals surface area contributed by atoms with Gasteiger partial charge in [-0.25, -0.2) is 4.79 Å². The number of halogens is 1.